The highest BCUT2D eigenvalue weighted by molar-refractivity contribution is 7.99. The summed E-state index contributed by atoms with van der Waals surface area (Å²) in [4.78, 5) is -0.387. The van der Waals surface area contributed by atoms with Crippen molar-refractivity contribution < 1.29 is 12.8 Å². The van der Waals surface area contributed by atoms with Crippen molar-refractivity contribution in [3.63, 3.8) is 0 Å². The molecule has 0 aliphatic heterocycles. The summed E-state index contributed by atoms with van der Waals surface area (Å²) in [5.41, 5.74) is 6.01. The molecule has 1 aromatic carbocycles. The maximum absolute atomic E-state index is 13.9. The number of aryl methyl sites for hydroxylation is 1. The van der Waals surface area contributed by atoms with Gasteiger partial charge in [-0.3, -0.25) is 0 Å². The molecule has 1 rings (SSSR count). The Morgan fingerprint density at radius 3 is 2.68 bits per heavy atom. The summed E-state index contributed by atoms with van der Waals surface area (Å²) in [6.45, 7) is 3.77. The van der Waals surface area contributed by atoms with Gasteiger partial charge in [-0.15, -0.1) is 0 Å². The third-order valence-electron chi connectivity index (χ3n) is 2.78. The average Bonchev–Trinajstić information content (AvgIpc) is 2.33. The summed E-state index contributed by atoms with van der Waals surface area (Å²) in [7, 11) is -3.85. The monoisotopic (exact) mass is 306 g/mol. The van der Waals surface area contributed by atoms with E-state index in [1.165, 1.54) is 13.0 Å². The predicted octanol–water partition coefficient (Wildman–Crippen LogP) is 2.14. The van der Waals surface area contributed by atoms with E-state index in [0.717, 1.165) is 6.07 Å². The van der Waals surface area contributed by atoms with Crippen molar-refractivity contribution >= 4 is 27.5 Å². The molecule has 0 aliphatic carbocycles. The van der Waals surface area contributed by atoms with Gasteiger partial charge in [0, 0.05) is 17.5 Å². The van der Waals surface area contributed by atoms with Gasteiger partial charge in [-0.2, -0.15) is 11.8 Å². The fourth-order valence-electron chi connectivity index (χ4n) is 1.55. The molecule has 0 radical (unpaired) electrons. The van der Waals surface area contributed by atoms with Crippen LogP contribution >= 0.6 is 11.8 Å². The van der Waals surface area contributed by atoms with Gasteiger partial charge >= 0.3 is 0 Å². The van der Waals surface area contributed by atoms with E-state index in [2.05, 4.69) is 4.72 Å². The van der Waals surface area contributed by atoms with Crippen LogP contribution in [0.4, 0.5) is 10.1 Å². The second kappa shape index (κ2) is 6.58. The largest absolute Gasteiger partial charge is 0.399 e. The lowest BCUT2D eigenvalue weighted by atomic mass is 10.2. The number of nitrogens with two attached hydrogens (primary N) is 1. The first kappa shape index (κ1) is 16.3. The first-order valence-electron chi connectivity index (χ1n) is 5.86. The number of hydrogen-bond donors (Lipinski definition) is 2. The van der Waals surface area contributed by atoms with Crippen molar-refractivity contribution in [2.24, 2.45) is 0 Å². The highest BCUT2D eigenvalue weighted by atomic mass is 32.2. The molecule has 0 saturated heterocycles. The van der Waals surface area contributed by atoms with Crippen LogP contribution in [0.1, 0.15) is 18.9 Å². The van der Waals surface area contributed by atoms with Crippen LogP contribution in [0.25, 0.3) is 0 Å². The zero-order valence-corrected chi connectivity index (χ0v) is 12.9. The molecule has 0 heterocycles. The minimum Gasteiger partial charge on any atom is -0.399 e. The van der Waals surface area contributed by atoms with Gasteiger partial charge in [0.2, 0.25) is 10.0 Å². The van der Waals surface area contributed by atoms with Crippen molar-refractivity contribution in [3.05, 3.63) is 23.5 Å². The number of rotatable bonds is 6. The van der Waals surface area contributed by atoms with Crippen LogP contribution in [-0.2, 0) is 10.0 Å². The molecule has 108 valence electrons. The molecule has 4 nitrogen and oxygen atoms in total. The van der Waals surface area contributed by atoms with Gasteiger partial charge in [0.25, 0.3) is 0 Å². The molecular formula is C12H19FN2O2S2. The van der Waals surface area contributed by atoms with Crippen LogP contribution in [-0.4, -0.2) is 26.5 Å². The zero-order chi connectivity index (χ0) is 14.6. The number of nitrogen functional groups attached to an aromatic ring is 1. The molecule has 19 heavy (non-hydrogen) atoms. The number of benzene rings is 1. The Hall–Kier alpha value is -0.790. The van der Waals surface area contributed by atoms with E-state index in [4.69, 9.17) is 5.73 Å². The molecule has 0 fully saturated rings. The summed E-state index contributed by atoms with van der Waals surface area (Å²) in [6, 6.07) is 2.55. The first-order valence-corrected chi connectivity index (χ1v) is 8.63. The van der Waals surface area contributed by atoms with Gasteiger partial charge in [0.05, 0.1) is 0 Å². The van der Waals surface area contributed by atoms with Crippen LogP contribution in [0, 0.1) is 12.7 Å². The number of hydrogen-bond acceptors (Lipinski definition) is 4. The molecule has 3 N–H and O–H groups in total. The van der Waals surface area contributed by atoms with Crippen molar-refractivity contribution in [1.29, 1.82) is 0 Å². The Morgan fingerprint density at radius 1 is 1.47 bits per heavy atom. The number of sulfonamides is 1. The Kier molecular flexibility index (Phi) is 5.64. The fourth-order valence-corrected chi connectivity index (χ4v) is 3.14. The van der Waals surface area contributed by atoms with E-state index in [1.54, 1.807) is 11.8 Å². The molecule has 1 atom stereocenters. The lowest BCUT2D eigenvalue weighted by molar-refractivity contribution is 0.552. The lowest BCUT2D eigenvalue weighted by Crippen LogP contribution is -2.27. The van der Waals surface area contributed by atoms with Gasteiger partial charge in [0.15, 0.2) is 0 Å². The lowest BCUT2D eigenvalue weighted by Gasteiger charge is -2.12. The molecular weight excluding hydrogens is 287 g/mol. The Balaban J connectivity index is 2.89. The summed E-state index contributed by atoms with van der Waals surface area (Å²) < 4.78 is 40.3. The highest BCUT2D eigenvalue weighted by Gasteiger charge is 2.20. The Labute approximate surface area is 118 Å². The van der Waals surface area contributed by atoms with Gasteiger partial charge in [-0.1, -0.05) is 6.92 Å². The van der Waals surface area contributed by atoms with Gasteiger partial charge in [-0.05, 0) is 37.3 Å². The quantitative estimate of drug-likeness (QED) is 0.790. The number of nitrogens with one attached hydrogen (secondary N) is 1. The summed E-state index contributed by atoms with van der Waals surface area (Å²) in [5.74, 6) is -0.750. The Bertz CT molecular complexity index is 547. The summed E-state index contributed by atoms with van der Waals surface area (Å²) >= 11 is 1.65. The second-order valence-corrected chi connectivity index (χ2v) is 7.39. The summed E-state index contributed by atoms with van der Waals surface area (Å²) in [6.07, 6.45) is 2.64. The normalized spacial score (nSPS) is 13.5. The van der Waals surface area contributed by atoms with Crippen molar-refractivity contribution in [3.8, 4) is 0 Å². The van der Waals surface area contributed by atoms with E-state index in [9.17, 15) is 12.8 Å². The SMILES string of the molecule is CSC(C)CCNS(=O)(=O)c1cc(N)cc(C)c1F. The van der Waals surface area contributed by atoms with Crippen LogP contribution in [0.5, 0.6) is 0 Å². The van der Waals surface area contributed by atoms with Crippen LogP contribution < -0.4 is 10.5 Å². The van der Waals surface area contributed by atoms with Crippen molar-refractivity contribution in [1.82, 2.24) is 4.72 Å². The molecule has 7 heteroatoms. The van der Waals surface area contributed by atoms with E-state index in [-0.39, 0.29) is 22.7 Å². The van der Waals surface area contributed by atoms with Crippen LogP contribution in [0.2, 0.25) is 0 Å². The topological polar surface area (TPSA) is 72.2 Å². The van der Waals surface area contributed by atoms with Gasteiger partial charge < -0.3 is 5.73 Å². The molecule has 0 spiro atoms. The number of anilines is 1. The molecule has 1 aromatic rings. The highest BCUT2D eigenvalue weighted by Crippen LogP contribution is 2.21. The third kappa shape index (κ3) is 4.36. The summed E-state index contributed by atoms with van der Waals surface area (Å²) in [5, 5.41) is 0.343. The minimum absolute atomic E-state index is 0.220. The molecule has 0 saturated carbocycles. The predicted molar refractivity (Wildman–Crippen MR) is 78.3 cm³/mol. The maximum Gasteiger partial charge on any atom is 0.243 e. The van der Waals surface area contributed by atoms with E-state index >= 15 is 0 Å². The smallest absolute Gasteiger partial charge is 0.243 e. The van der Waals surface area contributed by atoms with E-state index < -0.39 is 15.8 Å². The van der Waals surface area contributed by atoms with Gasteiger partial charge in [0.1, 0.15) is 10.7 Å². The van der Waals surface area contributed by atoms with Crippen molar-refractivity contribution in [2.45, 2.75) is 30.4 Å². The molecule has 0 bridgehead atoms. The third-order valence-corrected chi connectivity index (χ3v) is 5.28. The average molecular weight is 306 g/mol. The van der Waals surface area contributed by atoms with Crippen LogP contribution in [0.3, 0.4) is 0 Å². The molecule has 0 aliphatic rings. The Morgan fingerprint density at radius 2 is 2.11 bits per heavy atom. The number of thioether (sulfide) groups is 1. The van der Waals surface area contributed by atoms with Crippen molar-refractivity contribution in [2.75, 3.05) is 18.5 Å². The van der Waals surface area contributed by atoms with Gasteiger partial charge in [-0.25, -0.2) is 17.5 Å². The first-order chi connectivity index (χ1) is 8.77. The van der Waals surface area contributed by atoms with Crippen LogP contribution in [0.15, 0.2) is 17.0 Å². The maximum atomic E-state index is 13.9. The van der Waals surface area contributed by atoms with E-state index in [1.807, 2.05) is 13.2 Å². The molecule has 0 aromatic heterocycles. The number of halogens is 1. The minimum atomic E-state index is -3.85. The molecule has 0 amide bonds. The fraction of sp³-hybridized carbons (Fsp3) is 0.500. The van der Waals surface area contributed by atoms with E-state index in [0.29, 0.717) is 11.7 Å². The standard InChI is InChI=1S/C12H19FN2O2S2/c1-8-6-10(14)7-11(12(8)13)19(16,17)15-5-4-9(2)18-3/h6-7,9,15H,4-5,14H2,1-3H3. The zero-order valence-electron chi connectivity index (χ0n) is 11.2. The molecule has 1 unspecified atom stereocenters. The second-order valence-electron chi connectivity index (χ2n) is 4.38.